The summed E-state index contributed by atoms with van der Waals surface area (Å²) >= 11 is 1.29. The highest BCUT2D eigenvalue weighted by atomic mass is 32.2. The lowest BCUT2D eigenvalue weighted by molar-refractivity contribution is -0.117. The lowest BCUT2D eigenvalue weighted by atomic mass is 10.2. The zero-order valence-electron chi connectivity index (χ0n) is 18.1. The lowest BCUT2D eigenvalue weighted by Gasteiger charge is -2.15. The summed E-state index contributed by atoms with van der Waals surface area (Å²) in [6.45, 7) is 5.54. The zero-order valence-corrected chi connectivity index (χ0v) is 19.7. The van der Waals surface area contributed by atoms with E-state index < -0.39 is 27.9 Å². The number of amides is 1. The van der Waals surface area contributed by atoms with Crippen molar-refractivity contribution in [3.63, 3.8) is 0 Å². The molecule has 3 rings (SSSR count). The highest BCUT2D eigenvalue weighted by Gasteiger charge is 2.23. The van der Waals surface area contributed by atoms with Crippen molar-refractivity contribution in [1.82, 2.24) is 4.72 Å². The molecule has 0 aliphatic carbocycles. The zero-order chi connectivity index (χ0) is 23.5. The molecule has 32 heavy (non-hydrogen) atoms. The van der Waals surface area contributed by atoms with Gasteiger partial charge in [-0.15, -0.1) is 11.3 Å². The van der Waals surface area contributed by atoms with Gasteiger partial charge in [0, 0.05) is 10.4 Å². The number of anilines is 1. The maximum absolute atomic E-state index is 12.7. The standard InChI is InChI=1S/C22H24N2O6S2/c1-5-30-18-8-7-17(10-13(18)2)32(27,28)24-14(3)21(25)23-16-6-9-19-15(11-16)12-20(31-19)22(26)29-4/h6-12,14,24H,5H2,1-4H3,(H,23,25)/t14-/m0/s1. The number of aryl methyl sites for hydroxylation is 1. The molecule has 0 fully saturated rings. The van der Waals surface area contributed by atoms with Crippen LogP contribution in [0.25, 0.3) is 10.1 Å². The van der Waals surface area contributed by atoms with Crippen LogP contribution >= 0.6 is 11.3 Å². The van der Waals surface area contributed by atoms with Gasteiger partial charge in [-0.1, -0.05) is 0 Å². The Kier molecular flexibility index (Phi) is 7.17. The van der Waals surface area contributed by atoms with Crippen molar-refractivity contribution in [2.75, 3.05) is 19.0 Å². The Bertz CT molecular complexity index is 1270. The van der Waals surface area contributed by atoms with Crippen LogP contribution in [-0.4, -0.2) is 40.1 Å². The smallest absolute Gasteiger partial charge is 0.348 e. The Labute approximate surface area is 190 Å². The number of carbonyl (C=O) groups excluding carboxylic acids is 2. The number of sulfonamides is 1. The Morgan fingerprint density at radius 1 is 1.12 bits per heavy atom. The van der Waals surface area contributed by atoms with E-state index in [9.17, 15) is 18.0 Å². The van der Waals surface area contributed by atoms with E-state index in [1.54, 1.807) is 37.3 Å². The van der Waals surface area contributed by atoms with E-state index in [0.29, 0.717) is 28.5 Å². The second-order valence-corrected chi connectivity index (χ2v) is 9.85. The molecule has 2 aromatic carbocycles. The molecule has 0 unspecified atom stereocenters. The molecule has 1 atom stereocenters. The molecule has 1 amide bonds. The molecular weight excluding hydrogens is 452 g/mol. The molecule has 0 radical (unpaired) electrons. The summed E-state index contributed by atoms with van der Waals surface area (Å²) in [5, 5.41) is 3.47. The molecule has 170 valence electrons. The minimum Gasteiger partial charge on any atom is -0.494 e. The quantitative estimate of drug-likeness (QED) is 0.480. The van der Waals surface area contributed by atoms with Gasteiger partial charge < -0.3 is 14.8 Å². The highest BCUT2D eigenvalue weighted by Crippen LogP contribution is 2.29. The fourth-order valence-corrected chi connectivity index (χ4v) is 5.28. The summed E-state index contributed by atoms with van der Waals surface area (Å²) in [5.41, 5.74) is 1.17. The Morgan fingerprint density at radius 3 is 2.53 bits per heavy atom. The van der Waals surface area contributed by atoms with Crippen LogP contribution < -0.4 is 14.8 Å². The summed E-state index contributed by atoms with van der Waals surface area (Å²) in [7, 11) is -2.60. The molecule has 8 nitrogen and oxygen atoms in total. The molecule has 1 heterocycles. The summed E-state index contributed by atoms with van der Waals surface area (Å²) in [6.07, 6.45) is 0. The van der Waals surface area contributed by atoms with Gasteiger partial charge in [0.15, 0.2) is 0 Å². The van der Waals surface area contributed by atoms with E-state index >= 15 is 0 Å². The summed E-state index contributed by atoms with van der Waals surface area (Å²) < 4.78 is 38.9. The summed E-state index contributed by atoms with van der Waals surface area (Å²) in [6, 6.07) is 10.4. The number of fused-ring (bicyclic) bond motifs is 1. The average Bonchev–Trinajstić information content (AvgIpc) is 3.17. The number of methoxy groups -OCH3 is 1. The first kappa shape index (κ1) is 23.7. The van der Waals surface area contributed by atoms with Gasteiger partial charge in [0.1, 0.15) is 10.6 Å². The van der Waals surface area contributed by atoms with Crippen molar-refractivity contribution in [1.29, 1.82) is 0 Å². The SMILES string of the molecule is CCOc1ccc(S(=O)(=O)N[C@@H](C)C(=O)Nc2ccc3sc(C(=O)OC)cc3c2)cc1C. The fraction of sp³-hybridized carbons (Fsp3) is 0.273. The second-order valence-electron chi connectivity index (χ2n) is 7.05. The number of hydrogen-bond donors (Lipinski definition) is 2. The van der Waals surface area contributed by atoms with Gasteiger partial charge in [-0.25, -0.2) is 13.2 Å². The number of rotatable bonds is 8. The van der Waals surface area contributed by atoms with E-state index in [-0.39, 0.29) is 4.90 Å². The maximum Gasteiger partial charge on any atom is 0.348 e. The Morgan fingerprint density at radius 2 is 1.88 bits per heavy atom. The first-order valence-corrected chi connectivity index (χ1v) is 12.1. The number of esters is 1. The monoisotopic (exact) mass is 476 g/mol. The number of benzene rings is 2. The van der Waals surface area contributed by atoms with Crippen molar-refractivity contribution in [3.05, 3.63) is 52.9 Å². The van der Waals surface area contributed by atoms with Crippen molar-refractivity contribution in [3.8, 4) is 5.75 Å². The third-order valence-electron chi connectivity index (χ3n) is 4.65. The molecule has 0 spiro atoms. The third-order valence-corrected chi connectivity index (χ3v) is 7.29. The van der Waals surface area contributed by atoms with Gasteiger partial charge in [0.05, 0.1) is 24.7 Å². The van der Waals surface area contributed by atoms with Crippen LogP contribution in [-0.2, 0) is 19.6 Å². The highest BCUT2D eigenvalue weighted by molar-refractivity contribution is 7.89. The number of carbonyl (C=O) groups is 2. The molecule has 0 saturated carbocycles. The second kappa shape index (κ2) is 9.68. The molecule has 0 aliphatic rings. The molecule has 0 bridgehead atoms. The minimum atomic E-state index is -3.91. The van der Waals surface area contributed by atoms with Gasteiger partial charge in [0.25, 0.3) is 0 Å². The van der Waals surface area contributed by atoms with E-state index in [4.69, 9.17) is 9.47 Å². The van der Waals surface area contributed by atoms with Gasteiger partial charge >= 0.3 is 5.97 Å². The van der Waals surface area contributed by atoms with Crippen LogP contribution in [0.1, 0.15) is 29.1 Å². The van der Waals surface area contributed by atoms with Gasteiger partial charge in [0.2, 0.25) is 15.9 Å². The lowest BCUT2D eigenvalue weighted by Crippen LogP contribution is -2.41. The molecule has 10 heteroatoms. The van der Waals surface area contributed by atoms with Gasteiger partial charge in [-0.2, -0.15) is 4.72 Å². The third kappa shape index (κ3) is 5.26. The summed E-state index contributed by atoms with van der Waals surface area (Å²) in [4.78, 5) is 24.8. The number of nitrogens with one attached hydrogen (secondary N) is 2. The number of hydrogen-bond acceptors (Lipinski definition) is 7. The molecule has 0 aliphatic heterocycles. The van der Waals surface area contributed by atoms with Crippen LogP contribution in [0.5, 0.6) is 5.75 Å². The van der Waals surface area contributed by atoms with E-state index in [2.05, 4.69) is 10.0 Å². The largest absolute Gasteiger partial charge is 0.494 e. The molecule has 1 aromatic heterocycles. The molecular formula is C22H24N2O6S2. The normalized spacial score (nSPS) is 12.4. The van der Waals surface area contributed by atoms with Crippen molar-refractivity contribution in [2.24, 2.45) is 0 Å². The predicted molar refractivity (Wildman–Crippen MR) is 124 cm³/mol. The fourth-order valence-electron chi connectivity index (χ4n) is 3.03. The van der Waals surface area contributed by atoms with E-state index in [1.165, 1.54) is 37.5 Å². The minimum absolute atomic E-state index is 0.0492. The average molecular weight is 477 g/mol. The van der Waals surface area contributed by atoms with Gasteiger partial charge in [-0.05, 0) is 74.2 Å². The van der Waals surface area contributed by atoms with Crippen molar-refractivity contribution < 1.29 is 27.5 Å². The molecule has 0 saturated heterocycles. The summed E-state index contributed by atoms with van der Waals surface area (Å²) in [5.74, 6) is -0.334. The number of ether oxygens (including phenoxy) is 2. The van der Waals surface area contributed by atoms with Crippen LogP contribution in [0.2, 0.25) is 0 Å². The molecule has 2 N–H and O–H groups in total. The topological polar surface area (TPSA) is 111 Å². The first-order chi connectivity index (χ1) is 15.1. The number of thiophene rings is 1. The van der Waals surface area contributed by atoms with Crippen LogP contribution in [0, 0.1) is 6.92 Å². The maximum atomic E-state index is 12.7. The van der Waals surface area contributed by atoms with Crippen molar-refractivity contribution >= 4 is 49.0 Å². The van der Waals surface area contributed by atoms with Gasteiger partial charge in [-0.3, -0.25) is 4.79 Å². The van der Waals surface area contributed by atoms with E-state index in [0.717, 1.165) is 10.1 Å². The van der Waals surface area contributed by atoms with Crippen molar-refractivity contribution in [2.45, 2.75) is 31.7 Å². The van der Waals surface area contributed by atoms with Crippen LogP contribution in [0.15, 0.2) is 47.4 Å². The first-order valence-electron chi connectivity index (χ1n) is 9.83. The van der Waals surface area contributed by atoms with Crippen LogP contribution in [0.3, 0.4) is 0 Å². The Balaban J connectivity index is 1.71. The predicted octanol–water partition coefficient (Wildman–Crippen LogP) is 3.70. The molecule has 3 aromatic rings. The Hall–Kier alpha value is -2.95. The van der Waals surface area contributed by atoms with Crippen LogP contribution in [0.4, 0.5) is 5.69 Å². The van der Waals surface area contributed by atoms with E-state index in [1.807, 2.05) is 6.92 Å².